The number of methoxy groups -OCH3 is 1. The van der Waals surface area contributed by atoms with Gasteiger partial charge in [-0.25, -0.2) is 4.79 Å². The number of carbonyl (C=O) groups is 2. The van der Waals surface area contributed by atoms with Crippen molar-refractivity contribution < 1.29 is 14.3 Å². The van der Waals surface area contributed by atoms with Crippen molar-refractivity contribution in [1.82, 2.24) is 10.2 Å². The highest BCUT2D eigenvalue weighted by Gasteiger charge is 2.13. The van der Waals surface area contributed by atoms with E-state index in [1.165, 1.54) is 7.11 Å². The fourth-order valence-corrected chi connectivity index (χ4v) is 1.45. The zero-order chi connectivity index (χ0) is 11.7. The molecule has 0 saturated carbocycles. The van der Waals surface area contributed by atoms with E-state index in [1.54, 1.807) is 18.2 Å². The van der Waals surface area contributed by atoms with Gasteiger partial charge in [-0.3, -0.25) is 9.89 Å². The van der Waals surface area contributed by atoms with Gasteiger partial charge in [-0.2, -0.15) is 5.10 Å². The lowest BCUT2D eigenvalue weighted by molar-refractivity contribution is 0.0600. The number of carbonyl (C=O) groups excluding carboxylic acids is 2. The zero-order valence-corrected chi connectivity index (χ0v) is 8.48. The fourth-order valence-electron chi connectivity index (χ4n) is 1.45. The summed E-state index contributed by atoms with van der Waals surface area (Å²) in [5.41, 5.74) is 6.24. The minimum atomic E-state index is -0.614. The van der Waals surface area contributed by atoms with E-state index < -0.39 is 11.9 Å². The van der Waals surface area contributed by atoms with Gasteiger partial charge in [-0.05, 0) is 18.2 Å². The molecule has 16 heavy (non-hydrogen) atoms. The molecule has 6 heteroatoms. The number of benzene rings is 1. The molecular weight excluding hydrogens is 210 g/mol. The van der Waals surface area contributed by atoms with Gasteiger partial charge < -0.3 is 10.5 Å². The Bertz CT molecular complexity index is 574. The molecule has 2 aromatic rings. The van der Waals surface area contributed by atoms with Crippen LogP contribution in [0.1, 0.15) is 20.8 Å². The first-order valence-corrected chi connectivity index (χ1v) is 4.49. The van der Waals surface area contributed by atoms with Crippen LogP contribution in [0.5, 0.6) is 0 Å². The van der Waals surface area contributed by atoms with Crippen LogP contribution in [-0.2, 0) is 4.74 Å². The molecule has 0 unspecified atom stereocenters. The molecule has 0 atom stereocenters. The van der Waals surface area contributed by atoms with E-state index in [4.69, 9.17) is 5.73 Å². The predicted molar refractivity (Wildman–Crippen MR) is 56.0 cm³/mol. The van der Waals surface area contributed by atoms with Gasteiger partial charge in [0.2, 0.25) is 0 Å². The lowest BCUT2D eigenvalue weighted by Crippen LogP contribution is -2.11. The van der Waals surface area contributed by atoms with Crippen molar-refractivity contribution >= 4 is 22.8 Å². The third-order valence-corrected chi connectivity index (χ3v) is 2.22. The largest absolute Gasteiger partial charge is 0.465 e. The summed E-state index contributed by atoms with van der Waals surface area (Å²) in [7, 11) is 1.30. The summed E-state index contributed by atoms with van der Waals surface area (Å²) in [5.74, 6) is -1.06. The lowest BCUT2D eigenvalue weighted by Gasteiger charge is -1.98. The molecule has 3 N–H and O–H groups in total. The Kier molecular flexibility index (Phi) is 2.32. The highest BCUT2D eigenvalue weighted by Crippen LogP contribution is 2.17. The molecule has 1 aromatic carbocycles. The van der Waals surface area contributed by atoms with Gasteiger partial charge in [0.15, 0.2) is 5.69 Å². The van der Waals surface area contributed by atoms with E-state index in [-0.39, 0.29) is 5.69 Å². The van der Waals surface area contributed by atoms with Crippen LogP contribution in [-0.4, -0.2) is 29.2 Å². The van der Waals surface area contributed by atoms with Gasteiger partial charge in [0, 0.05) is 5.39 Å². The smallest absolute Gasteiger partial charge is 0.337 e. The van der Waals surface area contributed by atoms with E-state index >= 15 is 0 Å². The number of H-pyrrole nitrogens is 1. The second-order valence-electron chi connectivity index (χ2n) is 3.19. The number of primary amides is 1. The van der Waals surface area contributed by atoms with E-state index in [9.17, 15) is 9.59 Å². The number of amides is 1. The second-order valence-corrected chi connectivity index (χ2v) is 3.19. The quantitative estimate of drug-likeness (QED) is 0.716. The van der Waals surface area contributed by atoms with Gasteiger partial charge >= 0.3 is 5.97 Å². The number of hydrogen-bond acceptors (Lipinski definition) is 4. The highest BCUT2D eigenvalue weighted by molar-refractivity contribution is 6.05. The first-order valence-electron chi connectivity index (χ1n) is 4.49. The highest BCUT2D eigenvalue weighted by atomic mass is 16.5. The summed E-state index contributed by atoms with van der Waals surface area (Å²) in [6.07, 6.45) is 0. The minimum absolute atomic E-state index is 0.159. The van der Waals surface area contributed by atoms with Crippen molar-refractivity contribution in [2.45, 2.75) is 0 Å². The molecule has 1 heterocycles. The SMILES string of the molecule is COC(=O)c1ccc2c(C(N)=O)n[nH]c2c1. The molecule has 1 aromatic heterocycles. The average molecular weight is 219 g/mol. The third kappa shape index (κ3) is 1.50. The predicted octanol–water partition coefficient (Wildman–Crippen LogP) is 0.448. The molecule has 0 bridgehead atoms. The van der Waals surface area contributed by atoms with Crippen molar-refractivity contribution in [2.24, 2.45) is 5.73 Å². The van der Waals surface area contributed by atoms with Gasteiger partial charge in [0.1, 0.15) is 0 Å². The summed E-state index contributed by atoms with van der Waals surface area (Å²) >= 11 is 0. The molecule has 0 radical (unpaired) electrons. The van der Waals surface area contributed by atoms with Crippen LogP contribution >= 0.6 is 0 Å². The van der Waals surface area contributed by atoms with Crippen molar-refractivity contribution in [1.29, 1.82) is 0 Å². The number of nitrogens with two attached hydrogens (primary N) is 1. The van der Waals surface area contributed by atoms with Gasteiger partial charge in [0.25, 0.3) is 5.91 Å². The Morgan fingerprint density at radius 3 is 2.81 bits per heavy atom. The molecule has 0 fully saturated rings. The zero-order valence-electron chi connectivity index (χ0n) is 8.48. The number of nitrogens with one attached hydrogen (secondary N) is 1. The van der Waals surface area contributed by atoms with Crippen LogP contribution in [0.4, 0.5) is 0 Å². The van der Waals surface area contributed by atoms with E-state index in [0.717, 1.165) is 0 Å². The molecule has 2 rings (SSSR count). The molecule has 82 valence electrons. The summed E-state index contributed by atoms with van der Waals surface area (Å²) in [5, 5.41) is 6.98. The lowest BCUT2D eigenvalue weighted by atomic mass is 10.1. The molecule has 0 saturated heterocycles. The molecule has 6 nitrogen and oxygen atoms in total. The summed E-state index contributed by atoms with van der Waals surface area (Å²) in [4.78, 5) is 22.2. The van der Waals surface area contributed by atoms with E-state index in [0.29, 0.717) is 16.5 Å². The van der Waals surface area contributed by atoms with E-state index in [2.05, 4.69) is 14.9 Å². The maximum atomic E-state index is 11.2. The Morgan fingerprint density at radius 1 is 1.44 bits per heavy atom. The molecule has 0 aliphatic heterocycles. The van der Waals surface area contributed by atoms with E-state index in [1.807, 2.05) is 0 Å². The maximum absolute atomic E-state index is 11.2. The summed E-state index contributed by atoms with van der Waals surface area (Å²) in [6, 6.07) is 4.71. The van der Waals surface area contributed by atoms with Crippen LogP contribution in [0.15, 0.2) is 18.2 Å². The van der Waals surface area contributed by atoms with Crippen molar-refractivity contribution in [3.8, 4) is 0 Å². The second kappa shape index (κ2) is 3.65. The van der Waals surface area contributed by atoms with Crippen molar-refractivity contribution in [3.63, 3.8) is 0 Å². The number of hydrogen-bond donors (Lipinski definition) is 2. The first kappa shape index (κ1) is 10.2. The summed E-state index contributed by atoms with van der Waals surface area (Å²) < 4.78 is 4.57. The monoisotopic (exact) mass is 219 g/mol. The maximum Gasteiger partial charge on any atom is 0.337 e. The number of esters is 1. The fraction of sp³-hybridized carbons (Fsp3) is 0.100. The number of ether oxygens (including phenoxy) is 1. The Balaban J connectivity index is 2.57. The van der Waals surface area contributed by atoms with Crippen molar-refractivity contribution in [2.75, 3.05) is 7.11 Å². The molecule has 0 aliphatic rings. The number of aromatic nitrogens is 2. The summed E-state index contributed by atoms with van der Waals surface area (Å²) in [6.45, 7) is 0. The first-order chi connectivity index (χ1) is 7.63. The van der Waals surface area contributed by atoms with Crippen LogP contribution < -0.4 is 5.73 Å². The number of nitrogens with zero attached hydrogens (tertiary/aromatic N) is 1. The number of aromatic amines is 1. The van der Waals surface area contributed by atoms with Crippen LogP contribution in [0.2, 0.25) is 0 Å². The third-order valence-electron chi connectivity index (χ3n) is 2.22. The molecular formula is C10H9N3O3. The van der Waals surface area contributed by atoms with Crippen LogP contribution in [0, 0.1) is 0 Å². The molecule has 0 spiro atoms. The Morgan fingerprint density at radius 2 is 2.19 bits per heavy atom. The van der Waals surface area contributed by atoms with Gasteiger partial charge in [-0.15, -0.1) is 0 Å². The minimum Gasteiger partial charge on any atom is -0.465 e. The van der Waals surface area contributed by atoms with Crippen molar-refractivity contribution in [3.05, 3.63) is 29.5 Å². The molecule has 0 aliphatic carbocycles. The van der Waals surface area contributed by atoms with Gasteiger partial charge in [0.05, 0.1) is 18.2 Å². The van der Waals surface area contributed by atoms with Gasteiger partial charge in [-0.1, -0.05) is 0 Å². The Hall–Kier alpha value is -2.37. The van der Waals surface area contributed by atoms with Crippen LogP contribution in [0.25, 0.3) is 10.9 Å². The van der Waals surface area contributed by atoms with Crippen LogP contribution in [0.3, 0.4) is 0 Å². The number of rotatable bonds is 2. The molecule has 1 amide bonds. The number of fused-ring (bicyclic) bond motifs is 1. The topological polar surface area (TPSA) is 98.1 Å². The standard InChI is InChI=1S/C10H9N3O3/c1-16-10(15)5-2-3-6-7(4-5)12-13-8(6)9(11)14/h2-4H,1H3,(H2,11,14)(H,12,13). The average Bonchev–Trinajstić information content (AvgIpc) is 2.70. The normalized spacial score (nSPS) is 10.3. The Labute approximate surface area is 90.4 Å².